The van der Waals surface area contributed by atoms with E-state index in [2.05, 4.69) is 22.2 Å². The second-order valence-electron chi connectivity index (χ2n) is 9.32. The van der Waals surface area contributed by atoms with Crippen molar-refractivity contribution in [2.24, 2.45) is 5.73 Å². The molecule has 1 fully saturated rings. The third-order valence-corrected chi connectivity index (χ3v) is 6.78. The van der Waals surface area contributed by atoms with Gasteiger partial charge in [-0.15, -0.1) is 0 Å². The maximum Gasteiger partial charge on any atom is 0.249 e. The van der Waals surface area contributed by atoms with Gasteiger partial charge in [-0.1, -0.05) is 42.5 Å². The van der Waals surface area contributed by atoms with Gasteiger partial charge in [-0.25, -0.2) is 0 Å². The lowest BCUT2D eigenvalue weighted by molar-refractivity contribution is 0.0985. The first kappa shape index (κ1) is 23.7. The number of amides is 1. The van der Waals surface area contributed by atoms with Crippen LogP contribution in [0.5, 0.6) is 0 Å². The van der Waals surface area contributed by atoms with Crippen molar-refractivity contribution in [1.29, 1.82) is 0 Å². The van der Waals surface area contributed by atoms with Crippen molar-refractivity contribution in [3.8, 4) is 11.1 Å². The van der Waals surface area contributed by atoms with E-state index < -0.39 is 5.91 Å². The molecule has 0 radical (unpaired) electrons. The topological polar surface area (TPSA) is 95.7 Å². The highest BCUT2D eigenvalue weighted by Gasteiger charge is 2.25. The van der Waals surface area contributed by atoms with Crippen LogP contribution in [0, 0.1) is 0 Å². The van der Waals surface area contributed by atoms with Crippen molar-refractivity contribution in [3.05, 3.63) is 101 Å². The molecule has 0 atom stereocenters. The molecule has 36 heavy (non-hydrogen) atoms. The van der Waals surface area contributed by atoms with Crippen LogP contribution in [0.4, 0.5) is 5.69 Å². The Morgan fingerprint density at radius 1 is 0.889 bits per heavy atom. The predicted octanol–water partition coefficient (Wildman–Crippen LogP) is 3.57. The summed E-state index contributed by atoms with van der Waals surface area (Å²) >= 11 is 0. The molecule has 1 aliphatic heterocycles. The van der Waals surface area contributed by atoms with Crippen LogP contribution in [0.2, 0.25) is 0 Å². The number of piperazine rings is 1. The molecule has 1 saturated heterocycles. The molecule has 5 rings (SSSR count). The summed E-state index contributed by atoms with van der Waals surface area (Å²) in [5.41, 5.74) is 10.6. The molecule has 3 aromatic rings. The Morgan fingerprint density at radius 2 is 1.58 bits per heavy atom. The van der Waals surface area contributed by atoms with Crippen LogP contribution in [0.15, 0.2) is 78.5 Å². The van der Waals surface area contributed by atoms with Crippen LogP contribution < -0.4 is 11.1 Å². The number of allylic oxidation sites excluding steroid dienone is 2. The molecule has 1 aliphatic carbocycles. The van der Waals surface area contributed by atoms with Crippen molar-refractivity contribution in [1.82, 2.24) is 9.80 Å². The smallest absolute Gasteiger partial charge is 0.249 e. The summed E-state index contributed by atoms with van der Waals surface area (Å²) in [5, 5.41) is 3.08. The fraction of sp³-hybridized carbons (Fsp3) is 0.207. The zero-order valence-electron chi connectivity index (χ0n) is 20.2. The Kier molecular flexibility index (Phi) is 6.50. The zero-order chi connectivity index (χ0) is 25.2. The van der Waals surface area contributed by atoms with Crippen LogP contribution in [0.25, 0.3) is 11.1 Å². The van der Waals surface area contributed by atoms with Crippen molar-refractivity contribution in [3.63, 3.8) is 0 Å². The monoisotopic (exact) mass is 480 g/mol. The van der Waals surface area contributed by atoms with Gasteiger partial charge in [0.1, 0.15) is 0 Å². The van der Waals surface area contributed by atoms with E-state index in [4.69, 9.17) is 5.73 Å². The molecule has 0 bridgehead atoms. The summed E-state index contributed by atoms with van der Waals surface area (Å²) in [6, 6.07) is 20.0. The van der Waals surface area contributed by atoms with E-state index in [9.17, 15) is 14.4 Å². The minimum atomic E-state index is -0.478. The molecule has 2 aliphatic rings. The number of nitrogens with zero attached hydrogens (tertiary/aromatic N) is 2. The van der Waals surface area contributed by atoms with Gasteiger partial charge < -0.3 is 16.0 Å². The highest BCUT2D eigenvalue weighted by Crippen LogP contribution is 2.28. The molecule has 0 aromatic heterocycles. The van der Waals surface area contributed by atoms with Gasteiger partial charge in [-0.2, -0.15) is 0 Å². The lowest BCUT2D eigenvalue weighted by atomic mass is 9.92. The number of nitrogens with two attached hydrogens (primary N) is 1. The maximum absolute atomic E-state index is 12.9. The van der Waals surface area contributed by atoms with Crippen LogP contribution in [0.3, 0.4) is 0 Å². The summed E-state index contributed by atoms with van der Waals surface area (Å²) in [6.45, 7) is 4.90. The summed E-state index contributed by atoms with van der Waals surface area (Å²) in [5.74, 6) is -0.900. The first-order valence-corrected chi connectivity index (χ1v) is 12.0. The van der Waals surface area contributed by atoms with Gasteiger partial charge in [-0.3, -0.25) is 19.3 Å². The van der Waals surface area contributed by atoms with Crippen molar-refractivity contribution < 1.29 is 14.4 Å². The van der Waals surface area contributed by atoms with Gasteiger partial charge in [0.05, 0.1) is 5.70 Å². The van der Waals surface area contributed by atoms with E-state index in [0.717, 1.165) is 49.4 Å². The van der Waals surface area contributed by atoms with Crippen molar-refractivity contribution in [2.75, 3.05) is 38.5 Å². The van der Waals surface area contributed by atoms with Gasteiger partial charge in [0, 0.05) is 61.2 Å². The molecule has 1 amide bonds. The average molecular weight is 481 g/mol. The fourth-order valence-electron chi connectivity index (χ4n) is 4.70. The van der Waals surface area contributed by atoms with Gasteiger partial charge in [0.25, 0.3) is 0 Å². The normalized spacial score (nSPS) is 16.4. The SMILES string of the molecule is CN1CCN(Cc2ccc(C(N)=O)c(-c3ccc(NC4=CC(=O)c5ccccc5C4=O)cc3)c2)CC1. The number of hydrogen-bond acceptors (Lipinski definition) is 6. The Morgan fingerprint density at radius 3 is 2.28 bits per heavy atom. The van der Waals surface area contributed by atoms with E-state index in [-0.39, 0.29) is 17.3 Å². The molecule has 7 heteroatoms. The second kappa shape index (κ2) is 9.89. The van der Waals surface area contributed by atoms with Crippen LogP contribution in [-0.4, -0.2) is 60.5 Å². The second-order valence-corrected chi connectivity index (χ2v) is 9.32. The minimum absolute atomic E-state index is 0.201. The van der Waals surface area contributed by atoms with Gasteiger partial charge in [0.2, 0.25) is 11.7 Å². The summed E-state index contributed by atoms with van der Waals surface area (Å²) in [4.78, 5) is 42.2. The van der Waals surface area contributed by atoms with Crippen LogP contribution in [0.1, 0.15) is 36.6 Å². The number of primary amides is 1. The molecule has 0 unspecified atom stereocenters. The number of Topliss-reactive ketones (excluding diaryl/α,β-unsaturated/α-hetero) is 1. The van der Waals surface area contributed by atoms with Gasteiger partial charge >= 0.3 is 0 Å². The highest BCUT2D eigenvalue weighted by molar-refractivity contribution is 6.25. The first-order valence-electron chi connectivity index (χ1n) is 12.0. The van der Waals surface area contributed by atoms with E-state index in [1.165, 1.54) is 6.08 Å². The minimum Gasteiger partial charge on any atom is -0.366 e. The van der Waals surface area contributed by atoms with E-state index >= 15 is 0 Å². The number of nitrogens with one attached hydrogen (secondary N) is 1. The number of carbonyl (C=O) groups excluding carboxylic acids is 3. The van der Waals surface area contributed by atoms with Crippen molar-refractivity contribution >= 4 is 23.2 Å². The van der Waals surface area contributed by atoms with E-state index in [0.29, 0.717) is 22.4 Å². The Hall–Kier alpha value is -4.07. The molecule has 1 heterocycles. The van der Waals surface area contributed by atoms with Gasteiger partial charge in [0.15, 0.2) is 5.78 Å². The van der Waals surface area contributed by atoms with Gasteiger partial charge in [-0.05, 0) is 48.0 Å². The molecule has 3 aromatic carbocycles. The Bertz CT molecular complexity index is 1370. The largest absolute Gasteiger partial charge is 0.366 e. The zero-order valence-corrected chi connectivity index (χ0v) is 20.2. The van der Waals surface area contributed by atoms with E-state index in [1.807, 2.05) is 36.4 Å². The predicted molar refractivity (Wildman–Crippen MR) is 140 cm³/mol. The molecule has 0 spiro atoms. The number of ketones is 2. The number of carbonyl (C=O) groups is 3. The number of benzene rings is 3. The first-order chi connectivity index (χ1) is 17.4. The molecule has 0 saturated carbocycles. The molecular formula is C29H28N4O3. The Labute approximate surface area is 210 Å². The standard InChI is InChI=1S/C29H28N4O3/c1-32-12-14-33(15-13-32)18-19-6-11-24(29(30)36)25(16-19)20-7-9-21(10-8-20)31-26-17-27(34)22-4-2-3-5-23(22)28(26)35/h2-11,16-17,31H,12-15,18H2,1H3,(H2,30,36). The quantitative estimate of drug-likeness (QED) is 0.560. The summed E-state index contributed by atoms with van der Waals surface area (Å²) in [6.07, 6.45) is 1.34. The van der Waals surface area contributed by atoms with Crippen LogP contribution in [-0.2, 0) is 6.54 Å². The summed E-state index contributed by atoms with van der Waals surface area (Å²) < 4.78 is 0. The highest BCUT2D eigenvalue weighted by atomic mass is 16.1. The van der Waals surface area contributed by atoms with E-state index in [1.54, 1.807) is 30.3 Å². The Balaban J connectivity index is 1.37. The third kappa shape index (κ3) is 4.84. The lowest BCUT2D eigenvalue weighted by Gasteiger charge is -2.32. The van der Waals surface area contributed by atoms with Crippen LogP contribution >= 0.6 is 0 Å². The molecular weight excluding hydrogens is 452 g/mol. The number of fused-ring (bicyclic) bond motifs is 1. The molecule has 3 N–H and O–H groups in total. The third-order valence-electron chi connectivity index (χ3n) is 6.78. The van der Waals surface area contributed by atoms with Crippen molar-refractivity contribution in [2.45, 2.75) is 6.54 Å². The summed E-state index contributed by atoms with van der Waals surface area (Å²) in [7, 11) is 2.13. The average Bonchev–Trinajstić information content (AvgIpc) is 2.89. The number of likely N-dealkylation sites (N-methyl/N-ethyl adjacent to an activating group) is 1. The number of anilines is 1. The lowest BCUT2D eigenvalue weighted by Crippen LogP contribution is -2.43. The number of hydrogen-bond donors (Lipinski definition) is 2. The molecule has 182 valence electrons. The fourth-order valence-corrected chi connectivity index (χ4v) is 4.70. The maximum atomic E-state index is 12.9. The number of rotatable bonds is 6. The molecule has 7 nitrogen and oxygen atoms in total.